The van der Waals surface area contributed by atoms with Crippen molar-refractivity contribution in [2.24, 2.45) is 5.92 Å². The molecule has 0 saturated carbocycles. The number of nitrogens with zero attached hydrogens (tertiary/aromatic N) is 1. The van der Waals surface area contributed by atoms with Crippen LogP contribution in [0.1, 0.15) is 19.8 Å². The number of halogens is 1. The molecule has 0 aromatic heterocycles. The summed E-state index contributed by atoms with van der Waals surface area (Å²) < 4.78 is 0. The van der Waals surface area contributed by atoms with Crippen molar-refractivity contribution in [1.29, 1.82) is 0 Å². The van der Waals surface area contributed by atoms with E-state index < -0.39 is 0 Å². The van der Waals surface area contributed by atoms with Crippen LogP contribution in [0.25, 0.3) is 0 Å². The zero-order chi connectivity index (χ0) is 8.97. The van der Waals surface area contributed by atoms with E-state index in [1.165, 1.54) is 0 Å². The number of hydrogen-bond acceptors (Lipinski definition) is 1. The van der Waals surface area contributed by atoms with E-state index >= 15 is 0 Å². The van der Waals surface area contributed by atoms with E-state index in [1.807, 2.05) is 4.90 Å². The Balaban J connectivity index is 2.42. The van der Waals surface area contributed by atoms with Gasteiger partial charge < -0.3 is 4.90 Å². The van der Waals surface area contributed by atoms with Crippen molar-refractivity contribution in [3.8, 4) is 10.8 Å². The van der Waals surface area contributed by atoms with Gasteiger partial charge in [0, 0.05) is 34.9 Å². The summed E-state index contributed by atoms with van der Waals surface area (Å²) in [5.41, 5.74) is 0. The van der Waals surface area contributed by atoms with Crippen LogP contribution in [0.15, 0.2) is 0 Å². The van der Waals surface area contributed by atoms with Crippen LogP contribution in [0.5, 0.6) is 0 Å². The van der Waals surface area contributed by atoms with E-state index in [0.29, 0.717) is 0 Å². The fourth-order valence-corrected chi connectivity index (χ4v) is 1.50. The highest BCUT2D eigenvalue weighted by Gasteiger charge is 2.18. The fraction of sp³-hybridized carbons (Fsp3) is 0.667. The van der Waals surface area contributed by atoms with Crippen LogP contribution in [-0.2, 0) is 4.79 Å². The number of rotatable bonds is 0. The van der Waals surface area contributed by atoms with Crippen LogP contribution in [0, 0.1) is 16.7 Å². The van der Waals surface area contributed by atoms with Gasteiger partial charge in [-0.05, 0) is 23.6 Å². The van der Waals surface area contributed by atoms with Gasteiger partial charge in [-0.3, -0.25) is 4.79 Å². The lowest BCUT2D eigenvalue weighted by molar-refractivity contribution is -0.126. The second-order valence-corrected chi connectivity index (χ2v) is 3.59. The second kappa shape index (κ2) is 4.51. The molecule has 2 nitrogen and oxygen atoms in total. The molecule has 66 valence electrons. The molecule has 0 atom stereocenters. The number of likely N-dealkylation sites (tertiary alicyclic amines) is 1. The van der Waals surface area contributed by atoms with E-state index in [0.717, 1.165) is 31.8 Å². The van der Waals surface area contributed by atoms with Crippen molar-refractivity contribution < 1.29 is 4.79 Å². The first kappa shape index (κ1) is 9.60. The second-order valence-electron chi connectivity index (χ2n) is 3.19. The SMILES string of the molecule is CC1CCN(C(=O)C#CBr)CC1. The molecule has 12 heavy (non-hydrogen) atoms. The average Bonchev–Trinajstić information content (AvgIpc) is 2.06. The number of piperidine rings is 1. The van der Waals surface area contributed by atoms with Gasteiger partial charge in [-0.2, -0.15) is 0 Å². The lowest BCUT2D eigenvalue weighted by Crippen LogP contribution is -2.37. The van der Waals surface area contributed by atoms with Gasteiger partial charge in [0.2, 0.25) is 0 Å². The van der Waals surface area contributed by atoms with Crippen molar-refractivity contribution in [3.63, 3.8) is 0 Å². The molecule has 1 aliphatic rings. The minimum absolute atomic E-state index is 0.0567. The van der Waals surface area contributed by atoms with Gasteiger partial charge in [0.15, 0.2) is 0 Å². The van der Waals surface area contributed by atoms with Crippen LogP contribution in [-0.4, -0.2) is 23.9 Å². The third kappa shape index (κ3) is 2.53. The third-order valence-electron chi connectivity index (χ3n) is 2.23. The molecular formula is C9H12BrNO. The Kier molecular flexibility index (Phi) is 3.61. The maximum atomic E-state index is 11.2. The van der Waals surface area contributed by atoms with Crippen molar-refractivity contribution >= 4 is 21.8 Å². The molecule has 0 spiro atoms. The number of carbonyl (C=O) groups excluding carboxylic acids is 1. The predicted molar refractivity (Wildman–Crippen MR) is 51.7 cm³/mol. The maximum Gasteiger partial charge on any atom is 0.299 e. The quantitative estimate of drug-likeness (QED) is 0.579. The number of carbonyl (C=O) groups is 1. The highest BCUT2D eigenvalue weighted by Crippen LogP contribution is 2.15. The molecule has 1 amide bonds. The Morgan fingerprint density at radius 1 is 1.50 bits per heavy atom. The fourth-order valence-electron chi connectivity index (χ4n) is 1.33. The largest absolute Gasteiger partial charge is 0.332 e. The Bertz CT molecular complexity index is 220. The Labute approximate surface area is 81.4 Å². The van der Waals surface area contributed by atoms with E-state index in [4.69, 9.17) is 0 Å². The summed E-state index contributed by atoms with van der Waals surface area (Å²) in [5, 5.41) is 0. The van der Waals surface area contributed by atoms with Crippen LogP contribution >= 0.6 is 15.9 Å². The summed E-state index contributed by atoms with van der Waals surface area (Å²) in [6, 6.07) is 0. The highest BCUT2D eigenvalue weighted by atomic mass is 79.9. The van der Waals surface area contributed by atoms with Gasteiger partial charge in [-0.25, -0.2) is 0 Å². The lowest BCUT2D eigenvalue weighted by Gasteiger charge is -2.28. The number of amides is 1. The van der Waals surface area contributed by atoms with Gasteiger partial charge in [0.25, 0.3) is 5.91 Å². The standard InChI is InChI=1S/C9H12BrNO/c1-8-3-6-11(7-4-8)9(12)2-5-10/h8H,3-4,6-7H2,1H3. The summed E-state index contributed by atoms with van der Waals surface area (Å²) >= 11 is 2.92. The Morgan fingerprint density at radius 3 is 2.58 bits per heavy atom. The van der Waals surface area contributed by atoms with Crippen molar-refractivity contribution in [1.82, 2.24) is 4.90 Å². The zero-order valence-corrected chi connectivity index (χ0v) is 8.73. The van der Waals surface area contributed by atoms with Gasteiger partial charge in [-0.15, -0.1) is 0 Å². The summed E-state index contributed by atoms with van der Waals surface area (Å²) in [4.78, 5) is 15.5. The minimum atomic E-state index is -0.0567. The first-order chi connectivity index (χ1) is 5.74. The molecule has 0 aromatic carbocycles. The molecule has 1 fully saturated rings. The molecule has 1 saturated heterocycles. The normalized spacial score (nSPS) is 18.3. The molecule has 3 heteroatoms. The summed E-state index contributed by atoms with van der Waals surface area (Å²) in [5.74, 6) is 3.18. The molecule has 0 N–H and O–H groups in total. The van der Waals surface area contributed by atoms with Crippen LogP contribution in [0.2, 0.25) is 0 Å². The molecule has 1 heterocycles. The van der Waals surface area contributed by atoms with E-state index in [9.17, 15) is 4.79 Å². The summed E-state index contributed by atoms with van der Waals surface area (Å²) in [7, 11) is 0. The van der Waals surface area contributed by atoms with E-state index in [1.54, 1.807) is 0 Å². The predicted octanol–water partition coefficient (Wildman–Crippen LogP) is 1.60. The van der Waals surface area contributed by atoms with Crippen molar-refractivity contribution in [3.05, 3.63) is 0 Å². The average molecular weight is 230 g/mol. The molecule has 0 aliphatic carbocycles. The van der Waals surface area contributed by atoms with Gasteiger partial charge >= 0.3 is 0 Å². The third-order valence-corrected chi connectivity index (χ3v) is 2.42. The molecule has 0 radical (unpaired) electrons. The maximum absolute atomic E-state index is 11.2. The zero-order valence-electron chi connectivity index (χ0n) is 7.14. The van der Waals surface area contributed by atoms with Gasteiger partial charge in [0.1, 0.15) is 0 Å². The molecular weight excluding hydrogens is 218 g/mol. The lowest BCUT2D eigenvalue weighted by atomic mass is 9.99. The van der Waals surface area contributed by atoms with Crippen molar-refractivity contribution in [2.75, 3.05) is 13.1 Å². The molecule has 0 unspecified atom stereocenters. The number of hydrogen-bond donors (Lipinski definition) is 0. The topological polar surface area (TPSA) is 20.3 Å². The Morgan fingerprint density at radius 2 is 2.08 bits per heavy atom. The monoisotopic (exact) mass is 229 g/mol. The summed E-state index contributed by atoms with van der Waals surface area (Å²) in [6.07, 6.45) is 2.21. The van der Waals surface area contributed by atoms with Gasteiger partial charge in [0.05, 0.1) is 0 Å². The van der Waals surface area contributed by atoms with E-state index in [2.05, 4.69) is 33.6 Å². The van der Waals surface area contributed by atoms with Gasteiger partial charge in [-0.1, -0.05) is 6.92 Å². The van der Waals surface area contributed by atoms with Crippen LogP contribution < -0.4 is 0 Å². The molecule has 0 bridgehead atoms. The minimum Gasteiger partial charge on any atom is -0.332 e. The highest BCUT2D eigenvalue weighted by molar-refractivity contribution is 9.12. The molecule has 0 aromatic rings. The molecule has 1 aliphatic heterocycles. The van der Waals surface area contributed by atoms with Crippen LogP contribution in [0.4, 0.5) is 0 Å². The summed E-state index contributed by atoms with van der Waals surface area (Å²) in [6.45, 7) is 3.95. The van der Waals surface area contributed by atoms with E-state index in [-0.39, 0.29) is 5.91 Å². The Hall–Kier alpha value is -0.490. The smallest absolute Gasteiger partial charge is 0.299 e. The first-order valence-corrected chi connectivity index (χ1v) is 4.94. The molecule has 1 rings (SSSR count). The van der Waals surface area contributed by atoms with Crippen molar-refractivity contribution in [2.45, 2.75) is 19.8 Å². The first-order valence-electron chi connectivity index (χ1n) is 4.14. The van der Waals surface area contributed by atoms with Crippen LogP contribution in [0.3, 0.4) is 0 Å².